The first kappa shape index (κ1) is 11.7. The Labute approximate surface area is 119 Å². The van der Waals surface area contributed by atoms with Crippen LogP contribution in [0.25, 0.3) is 5.65 Å². The normalized spacial score (nSPS) is 18.1. The van der Waals surface area contributed by atoms with Crippen LogP contribution in [-0.4, -0.2) is 9.38 Å². The minimum atomic E-state index is 0.629. The number of aryl methyl sites for hydroxylation is 2. The number of hydrogen-bond donors (Lipinski definition) is 0. The van der Waals surface area contributed by atoms with Gasteiger partial charge in [0.2, 0.25) is 0 Å². The molecule has 1 unspecified atom stereocenters. The molecule has 0 amide bonds. The van der Waals surface area contributed by atoms with Gasteiger partial charge in [0.25, 0.3) is 0 Å². The van der Waals surface area contributed by atoms with Crippen molar-refractivity contribution in [3.8, 4) is 0 Å². The van der Waals surface area contributed by atoms with Crippen molar-refractivity contribution in [2.24, 2.45) is 0 Å². The molecule has 0 N–H and O–H groups in total. The van der Waals surface area contributed by atoms with Crippen LogP contribution in [0.1, 0.15) is 34.9 Å². The van der Waals surface area contributed by atoms with Gasteiger partial charge in [-0.2, -0.15) is 0 Å². The first-order valence-electron chi connectivity index (χ1n) is 7.32. The van der Waals surface area contributed by atoms with Crippen molar-refractivity contribution in [3.63, 3.8) is 0 Å². The topological polar surface area (TPSA) is 17.3 Å². The Hall–Kier alpha value is -2.09. The number of imidazole rings is 1. The van der Waals surface area contributed by atoms with E-state index < -0.39 is 0 Å². The molecule has 0 fully saturated rings. The largest absolute Gasteiger partial charge is 0.304 e. The van der Waals surface area contributed by atoms with E-state index in [0.717, 1.165) is 18.5 Å². The number of rotatable bonds is 1. The lowest BCUT2D eigenvalue weighted by molar-refractivity contribution is 0.567. The van der Waals surface area contributed by atoms with Crippen LogP contribution in [0, 0.1) is 6.92 Å². The van der Waals surface area contributed by atoms with Crippen molar-refractivity contribution in [2.45, 2.75) is 32.1 Å². The summed E-state index contributed by atoms with van der Waals surface area (Å²) < 4.78 is 2.29. The molecule has 0 saturated carbocycles. The molecule has 0 spiro atoms. The first-order chi connectivity index (χ1) is 9.81. The van der Waals surface area contributed by atoms with Gasteiger partial charge in [-0.05, 0) is 49.3 Å². The Kier molecular flexibility index (Phi) is 2.62. The third-order valence-corrected chi connectivity index (χ3v) is 4.39. The summed E-state index contributed by atoms with van der Waals surface area (Å²) in [6.45, 7) is 2.14. The van der Waals surface area contributed by atoms with Crippen molar-refractivity contribution in [1.82, 2.24) is 9.38 Å². The highest BCUT2D eigenvalue weighted by molar-refractivity contribution is 5.46. The molecule has 1 aromatic carbocycles. The maximum Gasteiger partial charge on any atom is 0.137 e. The Bertz CT molecular complexity index is 756. The van der Waals surface area contributed by atoms with Crippen molar-refractivity contribution >= 4 is 5.65 Å². The van der Waals surface area contributed by atoms with Gasteiger partial charge in [-0.25, -0.2) is 4.98 Å². The molecule has 2 aromatic heterocycles. The lowest BCUT2D eigenvalue weighted by atomic mass is 9.84. The maximum atomic E-state index is 4.79. The smallest absolute Gasteiger partial charge is 0.137 e. The van der Waals surface area contributed by atoms with Gasteiger partial charge in [-0.1, -0.05) is 36.4 Å². The van der Waals surface area contributed by atoms with Crippen LogP contribution < -0.4 is 0 Å². The van der Waals surface area contributed by atoms with Crippen LogP contribution in [0.4, 0.5) is 0 Å². The zero-order valence-electron chi connectivity index (χ0n) is 11.7. The molecule has 0 saturated heterocycles. The monoisotopic (exact) mass is 262 g/mol. The van der Waals surface area contributed by atoms with Crippen LogP contribution in [0.3, 0.4) is 0 Å². The van der Waals surface area contributed by atoms with Crippen molar-refractivity contribution in [1.29, 1.82) is 0 Å². The van der Waals surface area contributed by atoms with Gasteiger partial charge in [-0.15, -0.1) is 0 Å². The fourth-order valence-electron chi connectivity index (χ4n) is 3.32. The van der Waals surface area contributed by atoms with Gasteiger partial charge in [0, 0.05) is 11.9 Å². The van der Waals surface area contributed by atoms with Crippen LogP contribution in [0.2, 0.25) is 0 Å². The zero-order valence-corrected chi connectivity index (χ0v) is 11.7. The standard InChI is InChI=1S/C18H18N2/c1-13-7-10-18-19-16-9-8-15(11-17(16)20(18)12-13)14-5-3-2-4-6-14/h2-7,10,12,15H,8-9,11H2,1H3. The van der Waals surface area contributed by atoms with E-state index in [1.165, 1.54) is 28.9 Å². The summed E-state index contributed by atoms with van der Waals surface area (Å²) in [6.07, 6.45) is 5.62. The van der Waals surface area contributed by atoms with E-state index in [0.29, 0.717) is 5.92 Å². The summed E-state index contributed by atoms with van der Waals surface area (Å²) >= 11 is 0. The summed E-state index contributed by atoms with van der Waals surface area (Å²) in [4.78, 5) is 4.79. The second-order valence-corrected chi connectivity index (χ2v) is 5.79. The molecule has 0 radical (unpaired) electrons. The SMILES string of the molecule is Cc1ccc2nc3c(n2c1)CC(c1ccccc1)CC3. The average molecular weight is 262 g/mol. The summed E-state index contributed by atoms with van der Waals surface area (Å²) in [6, 6.07) is 15.2. The third kappa shape index (κ3) is 1.83. The van der Waals surface area contributed by atoms with E-state index >= 15 is 0 Å². The fraction of sp³-hybridized carbons (Fsp3) is 0.278. The van der Waals surface area contributed by atoms with Crippen LogP contribution >= 0.6 is 0 Å². The second-order valence-electron chi connectivity index (χ2n) is 5.79. The fourth-order valence-corrected chi connectivity index (χ4v) is 3.32. The Morgan fingerprint density at radius 3 is 2.80 bits per heavy atom. The maximum absolute atomic E-state index is 4.79. The van der Waals surface area contributed by atoms with E-state index in [1.807, 2.05) is 0 Å². The highest BCUT2D eigenvalue weighted by atomic mass is 15.0. The van der Waals surface area contributed by atoms with E-state index in [2.05, 4.69) is 60.0 Å². The molecule has 0 aliphatic heterocycles. The van der Waals surface area contributed by atoms with Gasteiger partial charge in [0.05, 0.1) is 5.69 Å². The second kappa shape index (κ2) is 4.48. The zero-order chi connectivity index (χ0) is 13.5. The molecule has 2 heterocycles. The quantitative estimate of drug-likeness (QED) is 0.650. The van der Waals surface area contributed by atoms with E-state index in [1.54, 1.807) is 0 Å². The minimum Gasteiger partial charge on any atom is -0.304 e. The number of pyridine rings is 1. The molecule has 100 valence electrons. The van der Waals surface area contributed by atoms with Gasteiger partial charge < -0.3 is 4.40 Å². The Morgan fingerprint density at radius 1 is 1.10 bits per heavy atom. The molecule has 2 heteroatoms. The molecule has 4 rings (SSSR count). The molecule has 20 heavy (non-hydrogen) atoms. The van der Waals surface area contributed by atoms with Crippen molar-refractivity contribution in [3.05, 3.63) is 71.2 Å². The Balaban J connectivity index is 1.78. The molecule has 1 aliphatic rings. The molecule has 1 aliphatic carbocycles. The predicted molar refractivity (Wildman–Crippen MR) is 81.1 cm³/mol. The van der Waals surface area contributed by atoms with Crippen LogP contribution in [0.5, 0.6) is 0 Å². The number of fused-ring (bicyclic) bond motifs is 3. The number of nitrogens with zero attached hydrogens (tertiary/aromatic N) is 2. The summed E-state index contributed by atoms with van der Waals surface area (Å²) in [5.41, 5.74) is 6.54. The third-order valence-electron chi connectivity index (χ3n) is 4.39. The lowest BCUT2D eigenvalue weighted by Gasteiger charge is -2.22. The highest BCUT2D eigenvalue weighted by Crippen LogP contribution is 2.32. The van der Waals surface area contributed by atoms with Crippen LogP contribution in [-0.2, 0) is 12.8 Å². The first-order valence-corrected chi connectivity index (χ1v) is 7.32. The lowest BCUT2D eigenvalue weighted by Crippen LogP contribution is -2.13. The molecular weight excluding hydrogens is 244 g/mol. The Morgan fingerprint density at radius 2 is 1.95 bits per heavy atom. The molecule has 0 bridgehead atoms. The molecule has 2 nitrogen and oxygen atoms in total. The summed E-state index contributed by atoms with van der Waals surface area (Å²) in [5.74, 6) is 0.629. The molecule has 1 atom stereocenters. The van der Waals surface area contributed by atoms with E-state index in [-0.39, 0.29) is 0 Å². The average Bonchev–Trinajstić information content (AvgIpc) is 2.85. The number of benzene rings is 1. The van der Waals surface area contributed by atoms with Gasteiger partial charge in [0.1, 0.15) is 5.65 Å². The molecule has 3 aromatic rings. The minimum absolute atomic E-state index is 0.629. The predicted octanol–water partition coefficient (Wildman–Crippen LogP) is 3.92. The highest BCUT2D eigenvalue weighted by Gasteiger charge is 2.24. The van der Waals surface area contributed by atoms with Gasteiger partial charge in [0.15, 0.2) is 0 Å². The van der Waals surface area contributed by atoms with Crippen molar-refractivity contribution < 1.29 is 0 Å². The number of aromatic nitrogens is 2. The van der Waals surface area contributed by atoms with E-state index in [9.17, 15) is 0 Å². The van der Waals surface area contributed by atoms with Crippen LogP contribution in [0.15, 0.2) is 48.7 Å². The van der Waals surface area contributed by atoms with Gasteiger partial charge in [-0.3, -0.25) is 0 Å². The summed E-state index contributed by atoms with van der Waals surface area (Å²) in [7, 11) is 0. The summed E-state index contributed by atoms with van der Waals surface area (Å²) in [5, 5.41) is 0. The van der Waals surface area contributed by atoms with Gasteiger partial charge >= 0.3 is 0 Å². The molecular formula is C18H18N2. The number of hydrogen-bond acceptors (Lipinski definition) is 1. The van der Waals surface area contributed by atoms with Crippen molar-refractivity contribution in [2.75, 3.05) is 0 Å². The van der Waals surface area contributed by atoms with E-state index in [4.69, 9.17) is 4.98 Å².